The van der Waals surface area contributed by atoms with Crippen molar-refractivity contribution in [1.29, 1.82) is 0 Å². The molecule has 9 nitrogen and oxygen atoms in total. The Hall–Kier alpha value is -3.79. The Balaban J connectivity index is 1.52. The fourth-order valence-corrected chi connectivity index (χ4v) is 2.69. The van der Waals surface area contributed by atoms with Crippen molar-refractivity contribution in [3.63, 3.8) is 0 Å². The van der Waals surface area contributed by atoms with Crippen LogP contribution in [0.25, 0.3) is 0 Å². The number of carbonyl (C=O) groups is 3. The minimum Gasteiger partial charge on any atom is -0.483 e. The van der Waals surface area contributed by atoms with Gasteiger partial charge in [0.05, 0.1) is 19.4 Å². The second kappa shape index (κ2) is 10.8. The highest BCUT2D eigenvalue weighted by molar-refractivity contribution is 6.39. The minimum absolute atomic E-state index is 0.142. The number of benzene rings is 2. The molecule has 0 aliphatic carbocycles. The topological polar surface area (TPSA) is 109 Å². The first-order chi connectivity index (χ1) is 15.0. The molecule has 0 atom stereocenters. The highest BCUT2D eigenvalue weighted by atomic mass is 19.1. The van der Waals surface area contributed by atoms with Gasteiger partial charge in [0.1, 0.15) is 11.6 Å². The number of amides is 3. The van der Waals surface area contributed by atoms with Crippen molar-refractivity contribution in [3.05, 3.63) is 59.9 Å². The first-order valence-corrected chi connectivity index (χ1v) is 9.50. The second-order valence-corrected chi connectivity index (χ2v) is 6.48. The third-order valence-electron chi connectivity index (χ3n) is 4.31. The molecule has 0 saturated carbocycles. The molecule has 1 aliphatic rings. The van der Waals surface area contributed by atoms with Crippen LogP contribution in [0.3, 0.4) is 0 Å². The lowest BCUT2D eigenvalue weighted by Crippen LogP contribution is -2.43. The standard InChI is InChI=1S/C21H21FN4O5/c22-16-5-7-17(8-6-16)24-20(28)21(29)25-23-13-15-3-1-2-4-18(15)31-14-19(27)26-9-11-30-12-10-26/h1-8,13H,9-12,14H2,(H,24,28)(H,25,29)/b23-13-. The number of halogens is 1. The fraction of sp³-hybridized carbons (Fsp3) is 0.238. The zero-order chi connectivity index (χ0) is 22.1. The van der Waals surface area contributed by atoms with E-state index in [9.17, 15) is 18.8 Å². The minimum atomic E-state index is -0.999. The number of hydrogen-bond donors (Lipinski definition) is 2. The molecular weight excluding hydrogens is 407 g/mol. The zero-order valence-corrected chi connectivity index (χ0v) is 16.5. The quantitative estimate of drug-likeness (QED) is 0.408. The molecule has 3 rings (SSSR count). The molecule has 0 bridgehead atoms. The van der Waals surface area contributed by atoms with Crippen molar-refractivity contribution in [2.75, 3.05) is 38.2 Å². The number of morpholine rings is 1. The molecule has 2 N–H and O–H groups in total. The smallest absolute Gasteiger partial charge is 0.329 e. The van der Waals surface area contributed by atoms with Crippen LogP contribution in [0.4, 0.5) is 10.1 Å². The van der Waals surface area contributed by atoms with Crippen LogP contribution >= 0.6 is 0 Å². The normalized spacial score (nSPS) is 13.6. The average molecular weight is 428 g/mol. The molecule has 0 unspecified atom stereocenters. The van der Waals surface area contributed by atoms with Gasteiger partial charge in [0.15, 0.2) is 6.61 Å². The van der Waals surface area contributed by atoms with Crippen molar-refractivity contribution in [1.82, 2.24) is 10.3 Å². The molecule has 0 spiro atoms. The molecule has 162 valence electrons. The predicted octanol–water partition coefficient (Wildman–Crippen LogP) is 1.15. The summed E-state index contributed by atoms with van der Waals surface area (Å²) >= 11 is 0. The number of anilines is 1. The molecule has 1 heterocycles. The summed E-state index contributed by atoms with van der Waals surface area (Å²) in [7, 11) is 0. The van der Waals surface area contributed by atoms with Gasteiger partial charge in [0.2, 0.25) is 0 Å². The Kier molecular flexibility index (Phi) is 7.66. The van der Waals surface area contributed by atoms with E-state index in [-0.39, 0.29) is 18.2 Å². The van der Waals surface area contributed by atoms with E-state index in [4.69, 9.17) is 9.47 Å². The number of nitrogens with one attached hydrogen (secondary N) is 2. The Morgan fingerprint density at radius 3 is 2.52 bits per heavy atom. The third-order valence-corrected chi connectivity index (χ3v) is 4.31. The van der Waals surface area contributed by atoms with Gasteiger partial charge in [0, 0.05) is 24.3 Å². The number of nitrogens with zero attached hydrogens (tertiary/aromatic N) is 2. The predicted molar refractivity (Wildman–Crippen MR) is 110 cm³/mol. The molecule has 2 aromatic rings. The van der Waals surface area contributed by atoms with Gasteiger partial charge in [-0.15, -0.1) is 0 Å². The van der Waals surface area contributed by atoms with Gasteiger partial charge in [-0.1, -0.05) is 12.1 Å². The van der Waals surface area contributed by atoms with Gasteiger partial charge in [-0.3, -0.25) is 14.4 Å². The van der Waals surface area contributed by atoms with Crippen molar-refractivity contribution >= 4 is 29.6 Å². The van der Waals surface area contributed by atoms with E-state index in [0.29, 0.717) is 37.6 Å². The molecule has 0 aromatic heterocycles. The first kappa shape index (κ1) is 21.9. The molecule has 3 amide bonds. The van der Waals surface area contributed by atoms with E-state index in [1.807, 2.05) is 0 Å². The first-order valence-electron chi connectivity index (χ1n) is 9.50. The van der Waals surface area contributed by atoms with Crippen LogP contribution in [-0.4, -0.2) is 61.7 Å². The maximum absolute atomic E-state index is 12.9. The van der Waals surface area contributed by atoms with Crippen molar-refractivity contribution < 1.29 is 28.2 Å². The number of hydrogen-bond acceptors (Lipinski definition) is 6. The lowest BCUT2D eigenvalue weighted by atomic mass is 10.2. The van der Waals surface area contributed by atoms with Gasteiger partial charge in [-0.05, 0) is 36.4 Å². The number of hydrazone groups is 1. The summed E-state index contributed by atoms with van der Waals surface area (Å²) in [6.45, 7) is 1.92. The zero-order valence-electron chi connectivity index (χ0n) is 16.5. The largest absolute Gasteiger partial charge is 0.483 e. The van der Waals surface area contributed by atoms with Gasteiger partial charge in [-0.25, -0.2) is 9.82 Å². The van der Waals surface area contributed by atoms with Crippen LogP contribution in [0.15, 0.2) is 53.6 Å². The summed E-state index contributed by atoms with van der Waals surface area (Å²) in [5.74, 6) is -2.16. The summed E-state index contributed by atoms with van der Waals surface area (Å²) in [6, 6.07) is 11.8. The maximum Gasteiger partial charge on any atom is 0.329 e. The Labute approximate surface area is 177 Å². The van der Waals surface area contributed by atoms with Gasteiger partial charge in [-0.2, -0.15) is 5.10 Å². The van der Waals surface area contributed by atoms with Crippen LogP contribution in [-0.2, 0) is 19.1 Å². The summed E-state index contributed by atoms with van der Waals surface area (Å²) < 4.78 is 23.7. The molecule has 2 aromatic carbocycles. The summed E-state index contributed by atoms with van der Waals surface area (Å²) in [5.41, 5.74) is 2.89. The number of carbonyl (C=O) groups excluding carboxylic acids is 3. The summed E-state index contributed by atoms with van der Waals surface area (Å²) in [6.07, 6.45) is 1.30. The SMILES string of the molecule is O=C(N/N=C\c1ccccc1OCC(=O)N1CCOCC1)C(=O)Nc1ccc(F)cc1. The monoisotopic (exact) mass is 428 g/mol. The Bertz CT molecular complexity index is 958. The van der Waals surface area contributed by atoms with Crippen molar-refractivity contribution in [2.45, 2.75) is 0 Å². The van der Waals surface area contributed by atoms with Gasteiger partial charge in [0.25, 0.3) is 5.91 Å². The van der Waals surface area contributed by atoms with Crippen molar-refractivity contribution in [3.8, 4) is 5.75 Å². The van der Waals surface area contributed by atoms with E-state index in [2.05, 4.69) is 15.8 Å². The van der Waals surface area contributed by atoms with Crippen LogP contribution in [0.5, 0.6) is 5.75 Å². The molecule has 1 saturated heterocycles. The number of ether oxygens (including phenoxy) is 2. The van der Waals surface area contributed by atoms with E-state index >= 15 is 0 Å². The summed E-state index contributed by atoms with van der Waals surface area (Å²) in [4.78, 5) is 37.6. The molecule has 10 heteroatoms. The highest BCUT2D eigenvalue weighted by Gasteiger charge is 2.17. The van der Waals surface area contributed by atoms with E-state index in [1.54, 1.807) is 29.2 Å². The summed E-state index contributed by atoms with van der Waals surface area (Å²) in [5, 5.41) is 6.08. The highest BCUT2D eigenvalue weighted by Crippen LogP contribution is 2.16. The van der Waals surface area contributed by atoms with Crippen LogP contribution in [0.2, 0.25) is 0 Å². The van der Waals surface area contributed by atoms with Crippen LogP contribution in [0.1, 0.15) is 5.56 Å². The molecule has 31 heavy (non-hydrogen) atoms. The molecule has 0 radical (unpaired) electrons. The van der Waals surface area contributed by atoms with Crippen molar-refractivity contribution in [2.24, 2.45) is 5.10 Å². The molecular formula is C21H21FN4O5. The average Bonchev–Trinajstić information content (AvgIpc) is 2.80. The lowest BCUT2D eigenvalue weighted by Gasteiger charge is -2.26. The number of rotatable bonds is 6. The van der Waals surface area contributed by atoms with Gasteiger partial charge >= 0.3 is 11.8 Å². The Morgan fingerprint density at radius 1 is 1.06 bits per heavy atom. The molecule has 1 fully saturated rings. The maximum atomic E-state index is 12.9. The second-order valence-electron chi connectivity index (χ2n) is 6.48. The lowest BCUT2D eigenvalue weighted by molar-refractivity contribution is -0.137. The van der Waals surface area contributed by atoms with E-state index < -0.39 is 17.6 Å². The van der Waals surface area contributed by atoms with E-state index in [0.717, 1.165) is 12.1 Å². The number of para-hydroxylation sites is 1. The fourth-order valence-electron chi connectivity index (χ4n) is 2.69. The molecule has 1 aliphatic heterocycles. The van der Waals surface area contributed by atoms with Gasteiger partial charge < -0.3 is 19.7 Å². The van der Waals surface area contributed by atoms with Crippen LogP contribution < -0.4 is 15.5 Å². The van der Waals surface area contributed by atoms with Crippen LogP contribution in [0, 0.1) is 5.82 Å². The third kappa shape index (κ3) is 6.61. The van der Waals surface area contributed by atoms with E-state index in [1.165, 1.54) is 18.3 Å². The Morgan fingerprint density at radius 2 is 1.77 bits per heavy atom.